The molecule has 0 amide bonds. The van der Waals surface area contributed by atoms with E-state index in [2.05, 4.69) is 5.43 Å². The summed E-state index contributed by atoms with van der Waals surface area (Å²) in [5, 5.41) is 0. The molecule has 4 nitrogen and oxygen atoms in total. The summed E-state index contributed by atoms with van der Waals surface area (Å²) < 4.78 is 6.59. The van der Waals surface area contributed by atoms with Gasteiger partial charge in [0.05, 0.1) is 6.61 Å². The third kappa shape index (κ3) is 2.18. The van der Waals surface area contributed by atoms with Gasteiger partial charge in [-0.3, -0.25) is 0 Å². The summed E-state index contributed by atoms with van der Waals surface area (Å²) in [5.74, 6) is 5.37. The van der Waals surface area contributed by atoms with E-state index in [9.17, 15) is 0 Å². The van der Waals surface area contributed by atoms with Crippen LogP contribution in [0.1, 0.15) is 6.92 Å². The molecule has 0 aliphatic carbocycles. The van der Waals surface area contributed by atoms with Crippen molar-refractivity contribution in [2.45, 2.75) is 6.92 Å². The molecule has 0 saturated heterocycles. The Bertz CT molecular complexity index is 139. The first-order chi connectivity index (χ1) is 4.83. The van der Waals surface area contributed by atoms with Crippen molar-refractivity contribution in [3.05, 3.63) is 11.1 Å². The number of nitrogens with two attached hydrogens (primary N) is 1. The molecular formula is C5H11N3OS. The van der Waals surface area contributed by atoms with Crippen LogP contribution in [0.15, 0.2) is 11.1 Å². The standard InChI is InChI=1S/C5H11N3OS/c1-2-9-4-5-3-7-8(6)10-5/h3,7H,2,4,6H2,1H3. The maximum absolute atomic E-state index is 5.37. The second kappa shape index (κ2) is 3.82. The lowest BCUT2D eigenvalue weighted by atomic mass is 10.6. The zero-order chi connectivity index (χ0) is 7.40. The van der Waals surface area contributed by atoms with Crippen molar-refractivity contribution in [3.8, 4) is 0 Å². The number of nitrogens with zero attached hydrogens (tertiary/aromatic N) is 1. The molecule has 10 heavy (non-hydrogen) atoms. The minimum Gasteiger partial charge on any atom is -0.376 e. The average Bonchev–Trinajstić information content (AvgIpc) is 2.31. The van der Waals surface area contributed by atoms with Crippen molar-refractivity contribution < 1.29 is 4.74 Å². The highest BCUT2D eigenvalue weighted by molar-refractivity contribution is 8.01. The van der Waals surface area contributed by atoms with E-state index in [1.165, 1.54) is 16.5 Å². The maximum Gasteiger partial charge on any atom is 0.0804 e. The van der Waals surface area contributed by atoms with Crippen molar-refractivity contribution in [2.24, 2.45) is 5.84 Å². The first kappa shape index (κ1) is 7.87. The van der Waals surface area contributed by atoms with Crippen LogP contribution in [0.3, 0.4) is 0 Å². The third-order valence-corrected chi connectivity index (χ3v) is 1.79. The predicted molar refractivity (Wildman–Crippen MR) is 41.3 cm³/mol. The largest absolute Gasteiger partial charge is 0.376 e. The van der Waals surface area contributed by atoms with E-state index in [1.54, 1.807) is 0 Å². The molecular weight excluding hydrogens is 150 g/mol. The van der Waals surface area contributed by atoms with Gasteiger partial charge in [0.1, 0.15) is 0 Å². The van der Waals surface area contributed by atoms with Crippen molar-refractivity contribution in [1.82, 2.24) is 9.95 Å². The van der Waals surface area contributed by atoms with Gasteiger partial charge in [0, 0.05) is 17.7 Å². The molecule has 0 unspecified atom stereocenters. The van der Waals surface area contributed by atoms with E-state index in [1.807, 2.05) is 13.1 Å². The Balaban J connectivity index is 2.17. The van der Waals surface area contributed by atoms with Crippen molar-refractivity contribution in [1.29, 1.82) is 0 Å². The van der Waals surface area contributed by atoms with E-state index in [-0.39, 0.29) is 0 Å². The molecule has 1 aliphatic heterocycles. The Hall–Kier alpha value is -0.230. The van der Waals surface area contributed by atoms with Gasteiger partial charge in [0.25, 0.3) is 0 Å². The summed E-state index contributed by atoms with van der Waals surface area (Å²) in [7, 11) is 0. The molecule has 1 aliphatic rings. The smallest absolute Gasteiger partial charge is 0.0804 e. The molecule has 0 aromatic heterocycles. The Morgan fingerprint density at radius 3 is 3.20 bits per heavy atom. The number of nitrogens with one attached hydrogen (secondary N) is 1. The minimum atomic E-state index is 0.641. The second-order valence-electron chi connectivity index (χ2n) is 1.79. The number of hydrazine groups is 2. The SMILES string of the molecule is CCOCC1=CNN(N)S1. The van der Waals surface area contributed by atoms with Crippen molar-refractivity contribution in [3.63, 3.8) is 0 Å². The topological polar surface area (TPSA) is 50.5 Å². The van der Waals surface area contributed by atoms with Gasteiger partial charge in [0.15, 0.2) is 0 Å². The van der Waals surface area contributed by atoms with Gasteiger partial charge in [0.2, 0.25) is 0 Å². The summed E-state index contributed by atoms with van der Waals surface area (Å²) in [6, 6.07) is 0. The number of ether oxygens (including phenoxy) is 1. The lowest BCUT2D eigenvalue weighted by molar-refractivity contribution is 0.175. The van der Waals surface area contributed by atoms with E-state index >= 15 is 0 Å². The first-order valence-corrected chi connectivity index (χ1v) is 3.86. The molecule has 3 N–H and O–H groups in total. The monoisotopic (exact) mass is 161 g/mol. The van der Waals surface area contributed by atoms with Gasteiger partial charge < -0.3 is 10.2 Å². The molecule has 1 rings (SSSR count). The molecule has 0 fully saturated rings. The van der Waals surface area contributed by atoms with Crippen LogP contribution in [0.25, 0.3) is 0 Å². The molecule has 0 aromatic rings. The summed E-state index contributed by atoms with van der Waals surface area (Å²) >= 11 is 1.44. The molecule has 5 heteroatoms. The van der Waals surface area contributed by atoms with Crippen molar-refractivity contribution >= 4 is 11.9 Å². The lowest BCUT2D eigenvalue weighted by Crippen LogP contribution is -2.30. The van der Waals surface area contributed by atoms with Crippen LogP contribution in [-0.2, 0) is 4.74 Å². The van der Waals surface area contributed by atoms with Gasteiger partial charge in [-0.2, -0.15) is 0 Å². The van der Waals surface area contributed by atoms with Crippen LogP contribution in [0.2, 0.25) is 0 Å². The summed E-state index contributed by atoms with van der Waals surface area (Å²) in [6.07, 6.45) is 1.83. The molecule has 0 bridgehead atoms. The van der Waals surface area contributed by atoms with Crippen LogP contribution in [-0.4, -0.2) is 17.7 Å². The highest BCUT2D eigenvalue weighted by Crippen LogP contribution is 2.20. The van der Waals surface area contributed by atoms with E-state index in [0.717, 1.165) is 11.5 Å². The van der Waals surface area contributed by atoms with Gasteiger partial charge in [-0.1, -0.05) is 4.52 Å². The second-order valence-corrected chi connectivity index (χ2v) is 2.89. The Morgan fingerprint density at radius 2 is 2.70 bits per heavy atom. The van der Waals surface area contributed by atoms with Crippen LogP contribution in [0, 0.1) is 0 Å². The number of rotatable bonds is 3. The van der Waals surface area contributed by atoms with E-state index in [0.29, 0.717) is 6.61 Å². The third-order valence-electron chi connectivity index (χ3n) is 1.02. The first-order valence-electron chi connectivity index (χ1n) is 3.08. The van der Waals surface area contributed by atoms with Crippen LogP contribution in [0.4, 0.5) is 0 Å². The van der Waals surface area contributed by atoms with Crippen LogP contribution >= 0.6 is 11.9 Å². The lowest BCUT2D eigenvalue weighted by Gasteiger charge is -2.05. The van der Waals surface area contributed by atoms with Gasteiger partial charge in [-0.15, -0.1) is 0 Å². The van der Waals surface area contributed by atoms with Crippen LogP contribution in [0.5, 0.6) is 0 Å². The molecule has 0 atom stereocenters. The molecule has 0 spiro atoms. The fourth-order valence-corrected chi connectivity index (χ4v) is 1.18. The van der Waals surface area contributed by atoms with E-state index < -0.39 is 0 Å². The number of hydrogen-bond acceptors (Lipinski definition) is 5. The highest BCUT2D eigenvalue weighted by atomic mass is 32.2. The zero-order valence-electron chi connectivity index (χ0n) is 5.83. The van der Waals surface area contributed by atoms with E-state index in [4.69, 9.17) is 10.6 Å². The van der Waals surface area contributed by atoms with Crippen LogP contribution < -0.4 is 11.3 Å². The van der Waals surface area contributed by atoms with Gasteiger partial charge in [-0.05, 0) is 18.9 Å². The molecule has 0 saturated carbocycles. The Morgan fingerprint density at radius 1 is 1.90 bits per heavy atom. The highest BCUT2D eigenvalue weighted by Gasteiger charge is 2.09. The average molecular weight is 161 g/mol. The number of hydrogen-bond donors (Lipinski definition) is 2. The zero-order valence-corrected chi connectivity index (χ0v) is 6.65. The van der Waals surface area contributed by atoms with Gasteiger partial charge in [-0.25, -0.2) is 5.84 Å². The Kier molecular flexibility index (Phi) is 3.01. The fraction of sp³-hybridized carbons (Fsp3) is 0.600. The molecule has 0 radical (unpaired) electrons. The quantitative estimate of drug-likeness (QED) is 0.457. The minimum absolute atomic E-state index is 0.641. The molecule has 1 heterocycles. The maximum atomic E-state index is 5.37. The summed E-state index contributed by atoms with van der Waals surface area (Å²) in [5.41, 5.74) is 2.81. The van der Waals surface area contributed by atoms with Gasteiger partial charge >= 0.3 is 0 Å². The Labute approximate surface area is 64.5 Å². The van der Waals surface area contributed by atoms with Crippen molar-refractivity contribution in [2.75, 3.05) is 13.2 Å². The normalized spacial score (nSPS) is 18.8. The summed E-state index contributed by atoms with van der Waals surface area (Å²) in [4.78, 5) is 1.10. The summed E-state index contributed by atoms with van der Waals surface area (Å²) in [6.45, 7) is 3.35. The molecule has 0 aromatic carbocycles. The predicted octanol–water partition coefficient (Wildman–Crippen LogP) is 0.206. The molecule has 58 valence electrons. The fourth-order valence-electron chi connectivity index (χ4n) is 0.585.